The second-order valence-electron chi connectivity index (χ2n) is 7.58. The number of carbonyl (C=O) groups is 1. The van der Waals surface area contributed by atoms with Crippen LogP contribution in [0.4, 0.5) is 0 Å². The molecule has 0 bridgehead atoms. The van der Waals surface area contributed by atoms with Crippen LogP contribution in [0, 0.1) is 0 Å². The van der Waals surface area contributed by atoms with Gasteiger partial charge in [-0.2, -0.15) is 0 Å². The molecule has 2 heterocycles. The maximum Gasteiger partial charge on any atom is 0.167 e. The lowest BCUT2D eigenvalue weighted by Crippen LogP contribution is -2.49. The predicted molar refractivity (Wildman–Crippen MR) is 92.4 cm³/mol. The lowest BCUT2D eigenvalue weighted by Gasteiger charge is -2.43. The van der Waals surface area contributed by atoms with Crippen molar-refractivity contribution in [2.75, 3.05) is 7.11 Å². The summed E-state index contributed by atoms with van der Waals surface area (Å²) in [5.74, 6) is 0.657. The second-order valence-corrected chi connectivity index (χ2v) is 7.58. The summed E-state index contributed by atoms with van der Waals surface area (Å²) in [6.45, 7) is 8.48. The van der Waals surface area contributed by atoms with E-state index in [2.05, 4.69) is 0 Å². The zero-order valence-electron chi connectivity index (χ0n) is 15.3. The van der Waals surface area contributed by atoms with Crippen molar-refractivity contribution in [3.05, 3.63) is 22.8 Å². The molecule has 0 fully saturated rings. The number of aliphatic hydroxyl groups excluding tert-OH is 2. The molecule has 3 rings (SSSR count). The molecule has 0 radical (unpaired) electrons. The normalized spacial score (nSPS) is 25.3. The van der Waals surface area contributed by atoms with Gasteiger partial charge in [0.1, 0.15) is 46.2 Å². The van der Waals surface area contributed by atoms with Gasteiger partial charge >= 0.3 is 0 Å². The molecule has 2 unspecified atom stereocenters. The molecule has 2 aliphatic rings. The number of hydrogen-bond donors (Lipinski definition) is 2. The quantitative estimate of drug-likeness (QED) is 0.799. The molecule has 0 aromatic heterocycles. The van der Waals surface area contributed by atoms with E-state index in [0.717, 1.165) is 0 Å². The number of methoxy groups -OCH3 is 1. The Kier molecular flexibility index (Phi) is 3.89. The Bertz CT molecular complexity index is 775. The zero-order valence-corrected chi connectivity index (χ0v) is 15.3. The monoisotopic (exact) mass is 348 g/mol. The summed E-state index contributed by atoms with van der Waals surface area (Å²) >= 11 is 0. The number of ketones is 1. The second kappa shape index (κ2) is 5.47. The van der Waals surface area contributed by atoms with Crippen molar-refractivity contribution in [3.63, 3.8) is 0 Å². The van der Waals surface area contributed by atoms with Gasteiger partial charge in [-0.15, -0.1) is 0 Å². The molecular formula is C19H24O6. The maximum absolute atomic E-state index is 12.3. The Balaban J connectivity index is 2.42. The van der Waals surface area contributed by atoms with Crippen LogP contribution in [0.3, 0.4) is 0 Å². The third-order valence-electron chi connectivity index (χ3n) is 4.68. The lowest BCUT2D eigenvalue weighted by atomic mass is 9.83. The van der Waals surface area contributed by atoms with Crippen LogP contribution < -0.4 is 14.2 Å². The van der Waals surface area contributed by atoms with Gasteiger partial charge in [0.25, 0.3) is 0 Å². The first-order chi connectivity index (χ1) is 11.5. The summed E-state index contributed by atoms with van der Waals surface area (Å²) in [4.78, 5) is 12.3. The SMILES string of the molecule is COc1c2c(c3c(c1C(C)=O)OC(C)(C)C(O)C3O)OC(C)(C)C=C2. The van der Waals surface area contributed by atoms with E-state index < -0.39 is 23.4 Å². The molecular weight excluding hydrogens is 324 g/mol. The van der Waals surface area contributed by atoms with Gasteiger partial charge in [-0.25, -0.2) is 0 Å². The van der Waals surface area contributed by atoms with Crippen molar-refractivity contribution in [3.8, 4) is 17.2 Å². The predicted octanol–water partition coefficient (Wildman–Crippen LogP) is 2.65. The van der Waals surface area contributed by atoms with Crippen molar-refractivity contribution in [2.45, 2.75) is 58.0 Å². The van der Waals surface area contributed by atoms with Crippen LogP contribution in [-0.2, 0) is 0 Å². The number of ether oxygens (including phenoxy) is 3. The Labute approximate surface area is 147 Å². The molecule has 6 heteroatoms. The number of carbonyl (C=O) groups excluding carboxylic acids is 1. The van der Waals surface area contributed by atoms with Crippen LogP contribution >= 0.6 is 0 Å². The number of benzene rings is 1. The van der Waals surface area contributed by atoms with E-state index in [-0.39, 0.29) is 22.7 Å². The maximum atomic E-state index is 12.3. The highest BCUT2D eigenvalue weighted by Crippen LogP contribution is 2.54. The molecule has 2 atom stereocenters. The van der Waals surface area contributed by atoms with Crippen LogP contribution in [0.15, 0.2) is 6.08 Å². The van der Waals surface area contributed by atoms with Crippen LogP contribution in [-0.4, -0.2) is 40.4 Å². The van der Waals surface area contributed by atoms with E-state index in [1.807, 2.05) is 26.0 Å². The first-order valence-corrected chi connectivity index (χ1v) is 8.22. The molecule has 25 heavy (non-hydrogen) atoms. The average Bonchev–Trinajstić information content (AvgIpc) is 2.49. The van der Waals surface area contributed by atoms with E-state index in [4.69, 9.17) is 14.2 Å². The molecule has 0 aliphatic carbocycles. The Hall–Kier alpha value is -2.05. The fourth-order valence-corrected chi connectivity index (χ4v) is 3.33. The largest absolute Gasteiger partial charge is 0.495 e. The van der Waals surface area contributed by atoms with Crippen molar-refractivity contribution >= 4 is 11.9 Å². The first-order valence-electron chi connectivity index (χ1n) is 8.22. The molecule has 1 aromatic carbocycles. The Morgan fingerprint density at radius 3 is 2.36 bits per heavy atom. The molecule has 0 saturated heterocycles. The molecule has 2 N–H and O–H groups in total. The van der Waals surface area contributed by atoms with Crippen LogP contribution in [0.25, 0.3) is 6.08 Å². The smallest absolute Gasteiger partial charge is 0.167 e. The number of hydrogen-bond acceptors (Lipinski definition) is 6. The summed E-state index contributed by atoms with van der Waals surface area (Å²) in [6, 6.07) is 0. The van der Waals surface area contributed by atoms with Gasteiger partial charge in [0.05, 0.1) is 18.2 Å². The number of aliphatic hydroxyl groups is 2. The van der Waals surface area contributed by atoms with E-state index in [9.17, 15) is 15.0 Å². The fraction of sp³-hybridized carbons (Fsp3) is 0.526. The minimum atomic E-state index is -1.25. The highest BCUT2D eigenvalue weighted by atomic mass is 16.5. The molecule has 0 spiro atoms. The molecule has 0 saturated carbocycles. The highest BCUT2D eigenvalue weighted by molar-refractivity contribution is 6.02. The summed E-state index contributed by atoms with van der Waals surface area (Å²) in [6.07, 6.45) is 1.24. The molecule has 1 aromatic rings. The van der Waals surface area contributed by atoms with E-state index in [1.165, 1.54) is 14.0 Å². The summed E-state index contributed by atoms with van der Waals surface area (Å²) in [5.41, 5.74) is -0.606. The van der Waals surface area contributed by atoms with Gasteiger partial charge in [0, 0.05) is 0 Å². The molecule has 136 valence electrons. The minimum Gasteiger partial charge on any atom is -0.495 e. The average molecular weight is 348 g/mol. The van der Waals surface area contributed by atoms with E-state index >= 15 is 0 Å². The van der Waals surface area contributed by atoms with Crippen molar-refractivity contribution in [1.29, 1.82) is 0 Å². The fourth-order valence-electron chi connectivity index (χ4n) is 3.33. The van der Waals surface area contributed by atoms with E-state index in [1.54, 1.807) is 13.8 Å². The minimum absolute atomic E-state index is 0.206. The van der Waals surface area contributed by atoms with Crippen molar-refractivity contribution in [2.24, 2.45) is 0 Å². The third kappa shape index (κ3) is 2.60. The standard InChI is InChI=1S/C19H24O6/c1-9(20)11-14(23-6)10-7-8-18(2,3)24-15(10)12-13(21)17(22)19(4,5)25-16(11)12/h7-8,13,17,21-22H,1-6H3. The van der Waals surface area contributed by atoms with Gasteiger partial charge in [0.2, 0.25) is 0 Å². The van der Waals surface area contributed by atoms with Gasteiger partial charge in [-0.3, -0.25) is 4.79 Å². The van der Waals surface area contributed by atoms with Gasteiger partial charge in [-0.1, -0.05) is 0 Å². The van der Waals surface area contributed by atoms with Crippen molar-refractivity contribution < 1.29 is 29.2 Å². The third-order valence-corrected chi connectivity index (χ3v) is 4.68. The molecule has 2 aliphatic heterocycles. The van der Waals surface area contributed by atoms with Gasteiger partial charge < -0.3 is 24.4 Å². The molecule has 6 nitrogen and oxygen atoms in total. The zero-order chi connectivity index (χ0) is 18.7. The van der Waals surface area contributed by atoms with E-state index in [0.29, 0.717) is 17.1 Å². The summed E-state index contributed by atoms with van der Waals surface area (Å²) in [7, 11) is 1.47. The van der Waals surface area contributed by atoms with Crippen molar-refractivity contribution in [1.82, 2.24) is 0 Å². The number of rotatable bonds is 2. The topological polar surface area (TPSA) is 85.2 Å². The number of Topliss-reactive ketones (excluding diaryl/α,β-unsaturated/α-hetero) is 1. The van der Waals surface area contributed by atoms with Gasteiger partial charge in [-0.05, 0) is 46.8 Å². The van der Waals surface area contributed by atoms with Crippen LogP contribution in [0.5, 0.6) is 17.2 Å². The van der Waals surface area contributed by atoms with Gasteiger partial charge in [0.15, 0.2) is 5.78 Å². The summed E-state index contributed by atoms with van der Waals surface area (Å²) in [5, 5.41) is 21.3. The van der Waals surface area contributed by atoms with Crippen LogP contribution in [0.1, 0.15) is 62.2 Å². The Morgan fingerprint density at radius 2 is 1.80 bits per heavy atom. The number of fused-ring (bicyclic) bond motifs is 3. The lowest BCUT2D eigenvalue weighted by molar-refractivity contribution is -0.113. The van der Waals surface area contributed by atoms with Crippen LogP contribution in [0.2, 0.25) is 0 Å². The Morgan fingerprint density at radius 1 is 1.16 bits per heavy atom. The highest BCUT2D eigenvalue weighted by Gasteiger charge is 2.47. The summed E-state index contributed by atoms with van der Waals surface area (Å²) < 4.78 is 17.5. The first kappa shape index (κ1) is 17.8. The molecule has 0 amide bonds.